The van der Waals surface area contributed by atoms with Crippen LogP contribution in [0, 0.1) is 5.92 Å². The number of nitrogens with two attached hydrogens (primary N) is 1. The van der Waals surface area contributed by atoms with Gasteiger partial charge in [-0.3, -0.25) is 9.79 Å². The lowest BCUT2D eigenvalue weighted by Crippen LogP contribution is -2.51. The first-order valence-corrected chi connectivity index (χ1v) is 10.8. The van der Waals surface area contributed by atoms with E-state index in [2.05, 4.69) is 15.3 Å². The number of carbonyl (C=O) groups excluding carboxylic acids is 1. The minimum atomic E-state index is -1.25. The predicted octanol–water partition coefficient (Wildman–Crippen LogP) is 3.96. The minimum Gasteiger partial charge on any atom is -0.379 e. The molecule has 1 fully saturated rings. The second-order valence-corrected chi connectivity index (χ2v) is 9.01. The van der Waals surface area contributed by atoms with Gasteiger partial charge in [0, 0.05) is 30.0 Å². The van der Waals surface area contributed by atoms with E-state index in [9.17, 15) is 9.18 Å². The molecule has 3 N–H and O–H groups in total. The Balaban J connectivity index is 1.63. The number of aliphatic imine (C=N–C) groups is 1. The van der Waals surface area contributed by atoms with Gasteiger partial charge in [-0.15, -0.1) is 0 Å². The van der Waals surface area contributed by atoms with Crippen molar-refractivity contribution >= 4 is 34.4 Å². The molecule has 9 heteroatoms. The van der Waals surface area contributed by atoms with Crippen molar-refractivity contribution in [2.24, 2.45) is 16.6 Å². The summed E-state index contributed by atoms with van der Waals surface area (Å²) in [4.78, 5) is 21.1. The average molecular weight is 439 g/mol. The summed E-state index contributed by atoms with van der Waals surface area (Å²) in [7, 11) is 0. The Morgan fingerprint density at radius 1 is 1.38 bits per heavy atom. The van der Waals surface area contributed by atoms with Crippen LogP contribution in [0.2, 0.25) is 5.02 Å². The molecular weight excluding hydrogens is 418 g/mol. The molecule has 1 aromatic rings. The Hall–Kier alpha value is -1.93. The fourth-order valence-electron chi connectivity index (χ4n) is 4.28. The second kappa shape index (κ2) is 8.07. The Kier molecular flexibility index (Phi) is 5.66. The first-order chi connectivity index (χ1) is 13.9. The van der Waals surface area contributed by atoms with Crippen LogP contribution in [0.25, 0.3) is 0 Å². The Bertz CT molecular complexity index is 904. The Labute approximate surface area is 176 Å². The maximum atomic E-state index is 15.0. The van der Waals surface area contributed by atoms with E-state index < -0.39 is 23.8 Å². The number of aromatic nitrogens is 1. The van der Waals surface area contributed by atoms with Crippen molar-refractivity contribution in [2.45, 2.75) is 43.6 Å². The number of nitrogens with zero attached hydrogens (tertiary/aromatic N) is 2. The van der Waals surface area contributed by atoms with Crippen molar-refractivity contribution in [1.29, 1.82) is 0 Å². The summed E-state index contributed by atoms with van der Waals surface area (Å²) < 4.78 is 29.1. The molecule has 0 spiro atoms. The van der Waals surface area contributed by atoms with Crippen molar-refractivity contribution in [3.63, 3.8) is 0 Å². The third-order valence-corrected chi connectivity index (χ3v) is 6.89. The molecule has 0 aromatic carbocycles. The molecule has 1 unspecified atom stereocenters. The van der Waals surface area contributed by atoms with Crippen LogP contribution in [0.4, 0.5) is 8.78 Å². The van der Waals surface area contributed by atoms with E-state index in [4.69, 9.17) is 17.3 Å². The number of hydrogen-bond donors (Lipinski definition) is 2. The van der Waals surface area contributed by atoms with Gasteiger partial charge >= 0.3 is 0 Å². The number of carbonyl (C=O) groups is 1. The van der Waals surface area contributed by atoms with Crippen LogP contribution < -0.4 is 11.1 Å². The number of rotatable bonds is 3. The number of amides is 1. The van der Waals surface area contributed by atoms with Gasteiger partial charge in [-0.25, -0.2) is 13.8 Å². The van der Waals surface area contributed by atoms with Gasteiger partial charge in [0.15, 0.2) is 5.17 Å². The standard InChI is InChI=1S/C20H21ClF2N4OS/c21-12-1-4-17(25-9-12)18(28)26-14-2-3-16(23)15(8-14)20-6-5-13(22)7-11(20)10-29-19(24)27-20/h1-2,4,8-9,11,13,16H,3,5-7,10H2,(H2,24,27)(H,26,28)/t11-,13-,16?,20-/m0/s1. The smallest absolute Gasteiger partial charge is 0.274 e. The van der Waals surface area contributed by atoms with Crippen LogP contribution in [-0.4, -0.2) is 39.7 Å². The van der Waals surface area contributed by atoms with Gasteiger partial charge in [0.1, 0.15) is 18.0 Å². The first-order valence-electron chi connectivity index (χ1n) is 9.49. The lowest BCUT2D eigenvalue weighted by Gasteiger charge is -2.47. The molecule has 0 saturated heterocycles. The molecule has 2 aliphatic carbocycles. The number of nitrogens with one attached hydrogen (secondary N) is 1. The lowest BCUT2D eigenvalue weighted by molar-refractivity contribution is 0.0961. The SMILES string of the molecule is NC1=N[C@@]2(C3=CC(NC(=O)c4ccc(Cl)cn4)=CCC3F)CC[C@H](F)C[C@H]2CS1. The fourth-order valence-corrected chi connectivity index (χ4v) is 5.40. The maximum Gasteiger partial charge on any atom is 0.274 e. The number of amidine groups is 1. The highest BCUT2D eigenvalue weighted by Crippen LogP contribution is 2.49. The molecule has 1 aliphatic heterocycles. The first kappa shape index (κ1) is 20.3. The number of halogens is 3. The molecule has 1 aromatic heterocycles. The van der Waals surface area contributed by atoms with E-state index in [1.54, 1.807) is 18.2 Å². The molecule has 0 bridgehead atoms. The highest BCUT2D eigenvalue weighted by molar-refractivity contribution is 8.13. The van der Waals surface area contributed by atoms with E-state index in [0.29, 0.717) is 46.5 Å². The van der Waals surface area contributed by atoms with Gasteiger partial charge in [-0.1, -0.05) is 29.4 Å². The van der Waals surface area contributed by atoms with Gasteiger partial charge in [0.2, 0.25) is 0 Å². The van der Waals surface area contributed by atoms with E-state index in [-0.39, 0.29) is 18.0 Å². The Morgan fingerprint density at radius 2 is 2.21 bits per heavy atom. The molecule has 4 atom stereocenters. The normalized spacial score (nSPS) is 31.8. The maximum absolute atomic E-state index is 15.0. The largest absolute Gasteiger partial charge is 0.379 e. The number of alkyl halides is 2. The molecule has 1 amide bonds. The van der Waals surface area contributed by atoms with E-state index in [1.807, 2.05) is 0 Å². The van der Waals surface area contributed by atoms with Crippen LogP contribution in [-0.2, 0) is 0 Å². The van der Waals surface area contributed by atoms with Crippen molar-refractivity contribution in [1.82, 2.24) is 10.3 Å². The zero-order valence-electron chi connectivity index (χ0n) is 15.6. The Morgan fingerprint density at radius 3 is 2.97 bits per heavy atom. The second-order valence-electron chi connectivity index (χ2n) is 7.53. The highest BCUT2D eigenvalue weighted by atomic mass is 35.5. The third kappa shape index (κ3) is 4.05. The number of fused-ring (bicyclic) bond motifs is 1. The minimum absolute atomic E-state index is 0.117. The predicted molar refractivity (Wildman–Crippen MR) is 111 cm³/mol. The zero-order valence-corrected chi connectivity index (χ0v) is 17.1. The zero-order chi connectivity index (χ0) is 20.6. The number of allylic oxidation sites excluding steroid dienone is 2. The van der Waals surface area contributed by atoms with Gasteiger partial charge in [0.25, 0.3) is 5.91 Å². The van der Waals surface area contributed by atoms with Gasteiger partial charge in [-0.05, 0) is 43.0 Å². The molecule has 3 aliphatic rings. The van der Waals surface area contributed by atoms with Crippen molar-refractivity contribution < 1.29 is 13.6 Å². The van der Waals surface area contributed by atoms with Crippen LogP contribution in [0.3, 0.4) is 0 Å². The molecule has 1 saturated carbocycles. The molecular formula is C20H21ClF2N4OS. The summed E-state index contributed by atoms with van der Waals surface area (Å²) in [6.45, 7) is 0. The number of hydrogen-bond acceptors (Lipinski definition) is 5. The van der Waals surface area contributed by atoms with Crippen LogP contribution in [0.15, 0.2) is 46.7 Å². The molecule has 4 rings (SSSR count). The summed E-state index contributed by atoms with van der Waals surface area (Å²) in [6, 6.07) is 3.10. The molecule has 2 heterocycles. The van der Waals surface area contributed by atoms with Crippen molar-refractivity contribution in [3.8, 4) is 0 Å². The van der Waals surface area contributed by atoms with Crippen LogP contribution in [0.1, 0.15) is 36.2 Å². The summed E-state index contributed by atoms with van der Waals surface area (Å²) >= 11 is 7.20. The third-order valence-electron chi connectivity index (χ3n) is 5.71. The molecule has 29 heavy (non-hydrogen) atoms. The summed E-state index contributed by atoms with van der Waals surface area (Å²) in [6.07, 6.45) is 3.70. The summed E-state index contributed by atoms with van der Waals surface area (Å²) in [5.74, 6) is 0.0745. The van der Waals surface area contributed by atoms with Gasteiger partial charge < -0.3 is 11.1 Å². The average Bonchev–Trinajstić information content (AvgIpc) is 2.70. The molecule has 5 nitrogen and oxygen atoms in total. The molecule has 154 valence electrons. The highest BCUT2D eigenvalue weighted by Gasteiger charge is 2.50. The van der Waals surface area contributed by atoms with E-state index in [1.165, 1.54) is 24.0 Å². The van der Waals surface area contributed by atoms with Gasteiger partial charge in [-0.2, -0.15) is 0 Å². The van der Waals surface area contributed by atoms with Crippen LogP contribution in [0.5, 0.6) is 0 Å². The van der Waals surface area contributed by atoms with Crippen molar-refractivity contribution in [2.75, 3.05) is 5.75 Å². The quantitative estimate of drug-likeness (QED) is 0.748. The monoisotopic (exact) mass is 438 g/mol. The van der Waals surface area contributed by atoms with E-state index in [0.717, 1.165) is 0 Å². The summed E-state index contributed by atoms with van der Waals surface area (Å²) in [5.41, 5.74) is 6.30. The number of thioether (sulfide) groups is 1. The lowest BCUT2D eigenvalue weighted by atomic mass is 9.66. The topological polar surface area (TPSA) is 80.4 Å². The summed E-state index contributed by atoms with van der Waals surface area (Å²) in [5, 5.41) is 3.60. The number of pyridine rings is 1. The van der Waals surface area contributed by atoms with Crippen LogP contribution >= 0.6 is 23.4 Å². The van der Waals surface area contributed by atoms with Gasteiger partial charge in [0.05, 0.1) is 10.6 Å². The van der Waals surface area contributed by atoms with E-state index >= 15 is 4.39 Å². The fraction of sp³-hybridized carbons (Fsp3) is 0.450. The molecule has 0 radical (unpaired) electrons. The van der Waals surface area contributed by atoms with Crippen molar-refractivity contribution in [3.05, 3.63) is 52.5 Å².